The van der Waals surface area contributed by atoms with Gasteiger partial charge < -0.3 is 10.2 Å². The first-order chi connectivity index (χ1) is 16.5. The van der Waals surface area contributed by atoms with Crippen molar-refractivity contribution < 1.29 is 13.2 Å². The zero-order valence-corrected chi connectivity index (χ0v) is 20.5. The van der Waals surface area contributed by atoms with Gasteiger partial charge in [0.1, 0.15) is 20.4 Å². The number of carbonyl (C=O) groups excluding carboxylic acids is 1. The van der Waals surface area contributed by atoms with E-state index >= 15 is 0 Å². The van der Waals surface area contributed by atoms with Gasteiger partial charge in [-0.3, -0.25) is 14.6 Å². The summed E-state index contributed by atoms with van der Waals surface area (Å²) >= 11 is 2.37. The number of anilines is 2. The topological polar surface area (TPSA) is 133 Å². The lowest BCUT2D eigenvalue weighted by molar-refractivity contribution is -0.121. The number of sulfonamides is 1. The van der Waals surface area contributed by atoms with E-state index in [0.717, 1.165) is 50.2 Å². The molecular formula is C21H23N7O3S3. The number of nitrogens with one attached hydrogen (secondary N) is 3. The number of thiazole rings is 1. The fraction of sp³-hybridized carbons (Fsp3) is 0.333. The number of piperidine rings is 1. The quantitative estimate of drug-likeness (QED) is 0.327. The summed E-state index contributed by atoms with van der Waals surface area (Å²) in [5.74, 6) is 0.121. The molecule has 4 aromatic rings. The molecule has 34 heavy (non-hydrogen) atoms. The average molecular weight is 518 g/mol. The summed E-state index contributed by atoms with van der Waals surface area (Å²) in [6.07, 6.45) is 6.30. The van der Waals surface area contributed by atoms with Gasteiger partial charge in [0.05, 0.1) is 6.20 Å². The number of aromatic nitrogens is 4. The van der Waals surface area contributed by atoms with Gasteiger partial charge in [0.15, 0.2) is 5.13 Å². The number of fused-ring (bicyclic) bond motifs is 1. The lowest BCUT2D eigenvalue weighted by Crippen LogP contribution is -2.39. The zero-order chi connectivity index (χ0) is 23.5. The summed E-state index contributed by atoms with van der Waals surface area (Å²) in [5, 5.41) is 11.9. The first-order valence-electron chi connectivity index (χ1n) is 10.8. The maximum atomic E-state index is 12.8. The van der Waals surface area contributed by atoms with Crippen molar-refractivity contribution in [2.45, 2.75) is 23.5 Å². The Morgan fingerprint density at radius 2 is 2.06 bits per heavy atom. The van der Waals surface area contributed by atoms with E-state index < -0.39 is 10.0 Å². The van der Waals surface area contributed by atoms with Gasteiger partial charge in [0.25, 0.3) is 10.0 Å². The zero-order valence-electron chi connectivity index (χ0n) is 18.1. The first kappa shape index (κ1) is 22.9. The van der Waals surface area contributed by atoms with E-state index in [1.807, 2.05) is 12.4 Å². The molecule has 0 aliphatic carbocycles. The van der Waals surface area contributed by atoms with Crippen LogP contribution in [0.4, 0.5) is 10.9 Å². The molecule has 5 heterocycles. The van der Waals surface area contributed by atoms with E-state index in [4.69, 9.17) is 0 Å². The molecule has 0 saturated carbocycles. The number of carbonyl (C=O) groups is 1. The van der Waals surface area contributed by atoms with Gasteiger partial charge in [-0.1, -0.05) is 17.4 Å². The monoisotopic (exact) mass is 517 g/mol. The highest BCUT2D eigenvalue weighted by molar-refractivity contribution is 7.94. The molecule has 0 bridgehead atoms. The lowest BCUT2D eigenvalue weighted by Gasteiger charge is -2.30. The predicted molar refractivity (Wildman–Crippen MR) is 133 cm³/mol. The fourth-order valence-corrected chi connectivity index (χ4v) is 6.69. The Hall–Kier alpha value is -2.87. The van der Waals surface area contributed by atoms with Gasteiger partial charge >= 0.3 is 0 Å². The van der Waals surface area contributed by atoms with E-state index in [1.165, 1.54) is 23.0 Å². The highest BCUT2D eigenvalue weighted by Crippen LogP contribution is 2.28. The molecule has 0 unspecified atom stereocenters. The van der Waals surface area contributed by atoms with E-state index in [0.29, 0.717) is 15.5 Å². The van der Waals surface area contributed by atoms with Crippen LogP contribution in [0.5, 0.6) is 0 Å². The standard InChI is InChI=1S/C21H23N7O3S3/c29-19(15-6-9-28(10-7-15)8-5-14-12-22-23-13-14)26-21-24-16-3-4-17(25-20(16)33-21)27-34(30,31)18-2-1-11-32-18/h1-4,11-13,15H,5-10H2,(H,22,23)(H,25,27)(H,24,26,29). The van der Waals surface area contributed by atoms with Crippen molar-refractivity contribution in [3.63, 3.8) is 0 Å². The molecule has 0 aromatic carbocycles. The number of pyridine rings is 1. The van der Waals surface area contributed by atoms with E-state index in [2.05, 4.69) is 35.1 Å². The molecule has 0 spiro atoms. The second-order valence-corrected chi connectivity index (χ2v) is 11.9. The molecule has 1 amide bonds. The Labute approximate surface area is 204 Å². The molecule has 4 aromatic heterocycles. The van der Waals surface area contributed by atoms with Gasteiger partial charge in [-0.15, -0.1) is 11.3 Å². The van der Waals surface area contributed by atoms with Crippen molar-refractivity contribution in [1.29, 1.82) is 0 Å². The van der Waals surface area contributed by atoms with Crippen LogP contribution >= 0.6 is 22.7 Å². The lowest BCUT2D eigenvalue weighted by atomic mass is 9.96. The second-order valence-electron chi connectivity index (χ2n) is 8.04. The minimum Gasteiger partial charge on any atom is -0.303 e. The van der Waals surface area contributed by atoms with Crippen molar-refractivity contribution in [3.8, 4) is 0 Å². The summed E-state index contributed by atoms with van der Waals surface area (Å²) in [5.41, 5.74) is 1.79. The van der Waals surface area contributed by atoms with Gasteiger partial charge in [-0.25, -0.2) is 18.4 Å². The van der Waals surface area contributed by atoms with Crippen LogP contribution in [-0.2, 0) is 21.2 Å². The smallest absolute Gasteiger partial charge is 0.272 e. The normalized spacial score (nSPS) is 15.5. The van der Waals surface area contributed by atoms with Crippen LogP contribution in [0.1, 0.15) is 18.4 Å². The maximum absolute atomic E-state index is 12.8. The molecule has 1 aliphatic rings. The van der Waals surface area contributed by atoms with Crippen molar-refractivity contribution >= 4 is 59.9 Å². The third kappa shape index (κ3) is 5.27. The number of nitrogens with zero attached hydrogens (tertiary/aromatic N) is 4. The number of thiophene rings is 1. The Kier molecular flexibility index (Phi) is 6.59. The Morgan fingerprint density at radius 3 is 2.79 bits per heavy atom. The Balaban J connectivity index is 1.17. The summed E-state index contributed by atoms with van der Waals surface area (Å²) < 4.78 is 27.6. The molecule has 13 heteroatoms. The predicted octanol–water partition coefficient (Wildman–Crippen LogP) is 3.17. The molecule has 10 nitrogen and oxygen atoms in total. The van der Waals surface area contributed by atoms with Crippen LogP contribution in [0.2, 0.25) is 0 Å². The largest absolute Gasteiger partial charge is 0.303 e. The van der Waals surface area contributed by atoms with Crippen LogP contribution < -0.4 is 10.0 Å². The average Bonchev–Trinajstić information content (AvgIpc) is 3.59. The molecule has 5 rings (SSSR count). The van der Waals surface area contributed by atoms with Crippen molar-refractivity contribution in [2.75, 3.05) is 29.7 Å². The molecule has 1 fully saturated rings. The van der Waals surface area contributed by atoms with E-state index in [9.17, 15) is 13.2 Å². The molecular weight excluding hydrogens is 494 g/mol. The number of likely N-dealkylation sites (tertiary alicyclic amines) is 1. The van der Waals surface area contributed by atoms with Crippen molar-refractivity contribution in [1.82, 2.24) is 25.1 Å². The summed E-state index contributed by atoms with van der Waals surface area (Å²) in [6.45, 7) is 2.71. The van der Waals surface area contributed by atoms with Crippen molar-refractivity contribution in [3.05, 3.63) is 47.6 Å². The molecule has 1 aliphatic heterocycles. The van der Waals surface area contributed by atoms with E-state index in [-0.39, 0.29) is 21.9 Å². The van der Waals surface area contributed by atoms with Crippen LogP contribution in [0.15, 0.2) is 46.2 Å². The Bertz CT molecular complexity index is 1360. The van der Waals surface area contributed by atoms with Crippen LogP contribution in [0.3, 0.4) is 0 Å². The number of hydrogen-bond donors (Lipinski definition) is 3. The van der Waals surface area contributed by atoms with Gasteiger partial charge in [-0.05, 0) is 61.5 Å². The summed E-state index contributed by atoms with van der Waals surface area (Å²) in [6, 6.07) is 6.48. The summed E-state index contributed by atoms with van der Waals surface area (Å²) in [7, 11) is -3.68. The number of rotatable bonds is 8. The van der Waals surface area contributed by atoms with Gasteiger partial charge in [0, 0.05) is 18.7 Å². The van der Waals surface area contributed by atoms with Crippen LogP contribution in [0.25, 0.3) is 10.3 Å². The minimum atomic E-state index is -3.68. The molecule has 1 saturated heterocycles. The molecule has 3 N–H and O–H groups in total. The second kappa shape index (κ2) is 9.78. The minimum absolute atomic E-state index is 0.0350. The third-order valence-electron chi connectivity index (χ3n) is 5.71. The van der Waals surface area contributed by atoms with Crippen LogP contribution in [0, 0.1) is 5.92 Å². The van der Waals surface area contributed by atoms with Gasteiger partial charge in [0.2, 0.25) is 5.91 Å². The number of amides is 1. The third-order valence-corrected chi connectivity index (χ3v) is 9.35. The van der Waals surface area contributed by atoms with Crippen LogP contribution in [-0.4, -0.2) is 59.0 Å². The molecule has 0 atom stereocenters. The first-order valence-corrected chi connectivity index (χ1v) is 14.0. The molecule has 0 radical (unpaired) electrons. The number of hydrogen-bond acceptors (Lipinski definition) is 9. The highest BCUT2D eigenvalue weighted by atomic mass is 32.2. The number of H-pyrrole nitrogens is 1. The maximum Gasteiger partial charge on any atom is 0.272 e. The fourth-order valence-electron chi connectivity index (χ4n) is 3.86. The Morgan fingerprint density at radius 1 is 1.21 bits per heavy atom. The van der Waals surface area contributed by atoms with Crippen molar-refractivity contribution in [2.24, 2.45) is 5.92 Å². The van der Waals surface area contributed by atoms with E-state index in [1.54, 1.807) is 23.6 Å². The molecule has 178 valence electrons. The highest BCUT2D eigenvalue weighted by Gasteiger charge is 2.26. The SMILES string of the molecule is O=C(Nc1nc2ccc(NS(=O)(=O)c3cccs3)nc2s1)C1CCN(CCc2cn[nH]c2)CC1. The van der Waals surface area contributed by atoms with Gasteiger partial charge in [-0.2, -0.15) is 5.10 Å². The summed E-state index contributed by atoms with van der Waals surface area (Å²) in [4.78, 5) is 24.5. The number of aromatic amines is 1.